The normalized spacial score (nSPS) is 33.2. The summed E-state index contributed by atoms with van der Waals surface area (Å²) in [5.74, 6) is 0.450. The fourth-order valence-electron chi connectivity index (χ4n) is 3.48. The average molecular weight is 303 g/mol. The van der Waals surface area contributed by atoms with Crippen LogP contribution in [0.15, 0.2) is 0 Å². The van der Waals surface area contributed by atoms with Crippen LogP contribution < -0.4 is 10.0 Å². The number of likely N-dealkylation sites (N-methyl/N-ethyl adjacent to an activating group) is 1. The molecule has 0 bridgehead atoms. The lowest BCUT2D eigenvalue weighted by Gasteiger charge is -2.37. The highest BCUT2D eigenvalue weighted by Crippen LogP contribution is 2.26. The molecule has 0 amide bonds. The lowest BCUT2D eigenvalue weighted by molar-refractivity contribution is 0.237. The smallest absolute Gasteiger partial charge is 0.280 e. The summed E-state index contributed by atoms with van der Waals surface area (Å²) in [6.45, 7) is 3.55. The predicted molar refractivity (Wildman–Crippen MR) is 81.7 cm³/mol. The molecule has 1 aliphatic carbocycles. The van der Waals surface area contributed by atoms with E-state index in [-0.39, 0.29) is 12.1 Å². The molecule has 1 heterocycles. The van der Waals surface area contributed by atoms with Gasteiger partial charge in [0, 0.05) is 25.2 Å². The number of nitrogens with zero attached hydrogens (tertiary/aromatic N) is 1. The van der Waals surface area contributed by atoms with Crippen LogP contribution in [-0.4, -0.2) is 44.9 Å². The molecule has 3 atom stereocenters. The van der Waals surface area contributed by atoms with Gasteiger partial charge in [0.25, 0.3) is 10.2 Å². The number of nitrogens with one attached hydrogen (secondary N) is 2. The Balaban J connectivity index is 2.03. The van der Waals surface area contributed by atoms with Crippen LogP contribution in [0, 0.1) is 5.92 Å². The molecule has 2 rings (SSSR count). The first-order valence-corrected chi connectivity index (χ1v) is 9.42. The van der Waals surface area contributed by atoms with E-state index in [0.717, 1.165) is 45.1 Å². The van der Waals surface area contributed by atoms with E-state index in [2.05, 4.69) is 17.0 Å². The zero-order chi connectivity index (χ0) is 14.6. The molecule has 0 aromatic carbocycles. The van der Waals surface area contributed by atoms with Crippen LogP contribution in [0.3, 0.4) is 0 Å². The van der Waals surface area contributed by atoms with Crippen molar-refractivity contribution in [2.75, 3.05) is 20.1 Å². The van der Waals surface area contributed by atoms with Crippen molar-refractivity contribution in [1.29, 1.82) is 0 Å². The second kappa shape index (κ2) is 7.20. The number of hydrogen-bond donors (Lipinski definition) is 2. The molecule has 2 fully saturated rings. The van der Waals surface area contributed by atoms with E-state index < -0.39 is 10.2 Å². The van der Waals surface area contributed by atoms with Crippen molar-refractivity contribution in [3.05, 3.63) is 0 Å². The maximum absolute atomic E-state index is 12.7. The molecule has 20 heavy (non-hydrogen) atoms. The molecular formula is C14H29N3O2S. The summed E-state index contributed by atoms with van der Waals surface area (Å²) < 4.78 is 30.0. The summed E-state index contributed by atoms with van der Waals surface area (Å²) >= 11 is 0. The molecule has 1 aliphatic heterocycles. The minimum atomic E-state index is -3.34. The number of piperidine rings is 1. The Morgan fingerprint density at radius 3 is 2.50 bits per heavy atom. The van der Waals surface area contributed by atoms with Crippen LogP contribution in [0.4, 0.5) is 0 Å². The molecule has 1 saturated heterocycles. The summed E-state index contributed by atoms with van der Waals surface area (Å²) in [5, 5.41) is 3.12. The van der Waals surface area contributed by atoms with Crippen LogP contribution in [0.1, 0.15) is 51.9 Å². The third-order valence-electron chi connectivity index (χ3n) is 4.73. The molecule has 0 aromatic heterocycles. The van der Waals surface area contributed by atoms with Gasteiger partial charge in [-0.05, 0) is 38.6 Å². The Hall–Kier alpha value is -0.170. The molecule has 0 aromatic rings. The van der Waals surface area contributed by atoms with E-state index >= 15 is 0 Å². The van der Waals surface area contributed by atoms with Gasteiger partial charge in [0.1, 0.15) is 0 Å². The van der Waals surface area contributed by atoms with Crippen molar-refractivity contribution in [2.24, 2.45) is 5.92 Å². The molecule has 118 valence electrons. The molecular weight excluding hydrogens is 274 g/mol. The largest absolute Gasteiger partial charge is 0.318 e. The van der Waals surface area contributed by atoms with Crippen LogP contribution in [0.2, 0.25) is 0 Å². The summed E-state index contributed by atoms with van der Waals surface area (Å²) in [7, 11) is -1.46. The van der Waals surface area contributed by atoms with Crippen molar-refractivity contribution in [1.82, 2.24) is 14.3 Å². The first-order chi connectivity index (χ1) is 9.54. The Bertz CT molecular complexity index is 397. The van der Waals surface area contributed by atoms with E-state index in [4.69, 9.17) is 0 Å². The monoisotopic (exact) mass is 303 g/mol. The maximum Gasteiger partial charge on any atom is 0.280 e. The topological polar surface area (TPSA) is 61.4 Å². The number of hydrogen-bond acceptors (Lipinski definition) is 3. The molecule has 2 aliphatic rings. The van der Waals surface area contributed by atoms with Gasteiger partial charge < -0.3 is 5.32 Å². The Morgan fingerprint density at radius 1 is 1.10 bits per heavy atom. The summed E-state index contributed by atoms with van der Waals surface area (Å²) in [6, 6.07) is 0.219. The molecule has 0 radical (unpaired) electrons. The van der Waals surface area contributed by atoms with Crippen LogP contribution in [0.5, 0.6) is 0 Å². The second-order valence-electron chi connectivity index (χ2n) is 6.31. The van der Waals surface area contributed by atoms with Gasteiger partial charge >= 0.3 is 0 Å². The Morgan fingerprint density at radius 2 is 1.80 bits per heavy atom. The van der Waals surface area contributed by atoms with Crippen LogP contribution in [-0.2, 0) is 10.2 Å². The highest BCUT2D eigenvalue weighted by molar-refractivity contribution is 7.87. The van der Waals surface area contributed by atoms with Crippen molar-refractivity contribution in [2.45, 2.75) is 64.0 Å². The lowest BCUT2D eigenvalue weighted by atomic mass is 9.87. The summed E-state index contributed by atoms with van der Waals surface area (Å²) in [6.07, 6.45) is 7.53. The van der Waals surface area contributed by atoms with Gasteiger partial charge in [0.15, 0.2) is 0 Å². The third kappa shape index (κ3) is 3.93. The lowest BCUT2D eigenvalue weighted by Crippen LogP contribution is -2.55. The first kappa shape index (κ1) is 16.2. The standard InChI is InChI=1S/C14H29N3O2S/c1-12-7-3-4-9-14(12)16-20(18,19)17-10-6-5-8-13(17)11-15-2/h12-16H,3-11H2,1-2H3. The van der Waals surface area contributed by atoms with Crippen molar-refractivity contribution in [3.63, 3.8) is 0 Å². The van der Waals surface area contributed by atoms with Crippen LogP contribution in [0.25, 0.3) is 0 Å². The minimum Gasteiger partial charge on any atom is -0.318 e. The van der Waals surface area contributed by atoms with E-state index in [1.807, 2.05) is 7.05 Å². The highest BCUT2D eigenvalue weighted by atomic mass is 32.2. The maximum atomic E-state index is 12.7. The van der Waals surface area contributed by atoms with Crippen molar-refractivity contribution < 1.29 is 8.42 Å². The second-order valence-corrected chi connectivity index (χ2v) is 7.96. The van der Waals surface area contributed by atoms with Gasteiger partial charge in [-0.25, -0.2) is 0 Å². The van der Waals surface area contributed by atoms with E-state index in [1.165, 1.54) is 6.42 Å². The fraction of sp³-hybridized carbons (Fsp3) is 1.00. The van der Waals surface area contributed by atoms with Gasteiger partial charge in [-0.15, -0.1) is 0 Å². The Kier molecular flexibility index (Phi) is 5.84. The zero-order valence-electron chi connectivity index (χ0n) is 12.8. The molecule has 5 nitrogen and oxygen atoms in total. The van der Waals surface area contributed by atoms with Gasteiger partial charge in [0.05, 0.1) is 0 Å². The van der Waals surface area contributed by atoms with Gasteiger partial charge in [-0.1, -0.05) is 26.2 Å². The van der Waals surface area contributed by atoms with Gasteiger partial charge in [-0.3, -0.25) is 0 Å². The SMILES string of the molecule is CNCC1CCCCN1S(=O)(=O)NC1CCCCC1C. The first-order valence-electron chi connectivity index (χ1n) is 7.98. The van der Waals surface area contributed by atoms with Crippen molar-refractivity contribution >= 4 is 10.2 Å². The predicted octanol–water partition coefficient (Wildman–Crippen LogP) is 1.47. The van der Waals surface area contributed by atoms with E-state index in [1.54, 1.807) is 4.31 Å². The molecule has 2 N–H and O–H groups in total. The zero-order valence-corrected chi connectivity index (χ0v) is 13.6. The van der Waals surface area contributed by atoms with Crippen LogP contribution >= 0.6 is 0 Å². The quantitative estimate of drug-likeness (QED) is 0.808. The van der Waals surface area contributed by atoms with E-state index in [0.29, 0.717) is 12.5 Å². The van der Waals surface area contributed by atoms with E-state index in [9.17, 15) is 8.42 Å². The molecule has 6 heteroatoms. The summed E-state index contributed by atoms with van der Waals surface area (Å²) in [5.41, 5.74) is 0. The molecule has 0 spiro atoms. The third-order valence-corrected chi connectivity index (χ3v) is 6.43. The molecule has 1 saturated carbocycles. The van der Waals surface area contributed by atoms with Gasteiger partial charge in [0.2, 0.25) is 0 Å². The summed E-state index contributed by atoms with van der Waals surface area (Å²) in [4.78, 5) is 0. The molecule has 3 unspecified atom stereocenters. The number of rotatable bonds is 5. The fourth-order valence-corrected chi connectivity index (χ4v) is 5.29. The minimum absolute atomic E-state index is 0.102. The van der Waals surface area contributed by atoms with Crippen molar-refractivity contribution in [3.8, 4) is 0 Å². The Labute approximate surface area is 123 Å². The van der Waals surface area contributed by atoms with Gasteiger partial charge in [-0.2, -0.15) is 17.4 Å². The highest BCUT2D eigenvalue weighted by Gasteiger charge is 2.34. The average Bonchev–Trinajstić information content (AvgIpc) is 2.42.